The highest BCUT2D eigenvalue weighted by Gasteiger charge is 2.39. The van der Waals surface area contributed by atoms with Gasteiger partial charge in [0.25, 0.3) is 0 Å². The minimum absolute atomic E-state index is 0.0123. The van der Waals surface area contributed by atoms with E-state index >= 15 is 0 Å². The lowest BCUT2D eigenvalue weighted by molar-refractivity contribution is -0.137. The Morgan fingerprint density at radius 2 is 1.92 bits per heavy atom. The molecule has 1 N–H and O–H groups in total. The van der Waals surface area contributed by atoms with Gasteiger partial charge < -0.3 is 14.9 Å². The van der Waals surface area contributed by atoms with Crippen molar-refractivity contribution in [2.45, 2.75) is 44.7 Å². The summed E-state index contributed by atoms with van der Waals surface area (Å²) in [6.07, 6.45) is 4.80. The second kappa shape index (κ2) is 7.79. The van der Waals surface area contributed by atoms with E-state index in [0.29, 0.717) is 32.1 Å². The van der Waals surface area contributed by atoms with Crippen molar-refractivity contribution in [1.82, 2.24) is 9.80 Å². The Morgan fingerprint density at radius 3 is 2.58 bits per heavy atom. The maximum Gasteiger partial charge on any atom is 0.228 e. The number of nitrogens with zero attached hydrogens (tertiary/aromatic N) is 2. The highest BCUT2D eigenvalue weighted by atomic mass is 16.3. The smallest absolute Gasteiger partial charge is 0.228 e. The van der Waals surface area contributed by atoms with Crippen molar-refractivity contribution in [3.63, 3.8) is 0 Å². The van der Waals surface area contributed by atoms with Gasteiger partial charge in [0.2, 0.25) is 11.8 Å². The van der Waals surface area contributed by atoms with Gasteiger partial charge in [-0.1, -0.05) is 43.2 Å². The third kappa shape index (κ3) is 3.78. The molecule has 1 saturated heterocycles. The van der Waals surface area contributed by atoms with Crippen LogP contribution in [0.25, 0.3) is 0 Å². The summed E-state index contributed by atoms with van der Waals surface area (Å²) in [5.74, 6) is -0.168. The third-order valence-corrected chi connectivity index (χ3v) is 5.17. The number of hydrogen-bond donors (Lipinski definition) is 1. The average Bonchev–Trinajstić information content (AvgIpc) is 3.24. The van der Waals surface area contributed by atoms with Gasteiger partial charge in [0.15, 0.2) is 0 Å². The fourth-order valence-corrected chi connectivity index (χ4v) is 3.92. The standard InChI is InChI=1S/C19H26N2O3/c22-11-10-20(13-15-6-2-1-3-7-15)19(24)16-12-18(23)21(14-16)17-8-4-5-9-17/h1-3,6-7,16-17,22H,4-5,8-14H2. The van der Waals surface area contributed by atoms with Crippen molar-refractivity contribution in [3.8, 4) is 0 Å². The maximum absolute atomic E-state index is 12.9. The minimum atomic E-state index is -0.270. The van der Waals surface area contributed by atoms with Crippen LogP contribution in [0.4, 0.5) is 0 Å². The average molecular weight is 330 g/mol. The number of carbonyl (C=O) groups excluding carboxylic acids is 2. The fourth-order valence-electron chi connectivity index (χ4n) is 3.92. The highest BCUT2D eigenvalue weighted by molar-refractivity contribution is 5.89. The van der Waals surface area contributed by atoms with Gasteiger partial charge in [0, 0.05) is 32.1 Å². The van der Waals surface area contributed by atoms with Crippen molar-refractivity contribution < 1.29 is 14.7 Å². The molecule has 1 aliphatic carbocycles. The first-order valence-electron chi connectivity index (χ1n) is 8.92. The van der Waals surface area contributed by atoms with Crippen LogP contribution in [0.2, 0.25) is 0 Å². The van der Waals surface area contributed by atoms with Gasteiger partial charge in [-0.15, -0.1) is 0 Å². The Labute approximate surface area is 143 Å². The molecule has 1 saturated carbocycles. The molecule has 0 radical (unpaired) electrons. The molecule has 1 aromatic carbocycles. The van der Waals surface area contributed by atoms with Crippen LogP contribution in [0.5, 0.6) is 0 Å². The Morgan fingerprint density at radius 1 is 1.21 bits per heavy atom. The zero-order valence-corrected chi connectivity index (χ0v) is 14.1. The molecule has 1 atom stereocenters. The first-order valence-corrected chi connectivity index (χ1v) is 8.92. The van der Waals surface area contributed by atoms with Crippen molar-refractivity contribution in [2.24, 2.45) is 5.92 Å². The van der Waals surface area contributed by atoms with E-state index in [0.717, 1.165) is 18.4 Å². The van der Waals surface area contributed by atoms with Crippen LogP contribution in [0.3, 0.4) is 0 Å². The van der Waals surface area contributed by atoms with Crippen LogP contribution < -0.4 is 0 Å². The monoisotopic (exact) mass is 330 g/mol. The molecule has 2 aliphatic rings. The molecule has 1 aromatic rings. The number of benzene rings is 1. The molecule has 130 valence electrons. The normalized spacial score (nSPS) is 21.5. The SMILES string of the molecule is O=C(C1CC(=O)N(C2CCCC2)C1)N(CCO)Cc1ccccc1. The van der Waals surface area contributed by atoms with Crippen molar-refractivity contribution >= 4 is 11.8 Å². The first kappa shape index (κ1) is 17.0. The molecule has 0 bridgehead atoms. The Balaban J connectivity index is 1.65. The molecule has 1 heterocycles. The highest BCUT2D eigenvalue weighted by Crippen LogP contribution is 2.30. The van der Waals surface area contributed by atoms with Gasteiger partial charge in [-0.3, -0.25) is 9.59 Å². The molecule has 5 heteroatoms. The lowest BCUT2D eigenvalue weighted by atomic mass is 10.1. The number of carbonyl (C=O) groups is 2. The lowest BCUT2D eigenvalue weighted by Gasteiger charge is -2.27. The van der Waals surface area contributed by atoms with Gasteiger partial charge >= 0.3 is 0 Å². The van der Waals surface area contributed by atoms with Gasteiger partial charge in [0.05, 0.1) is 12.5 Å². The third-order valence-electron chi connectivity index (χ3n) is 5.17. The Hall–Kier alpha value is -1.88. The largest absolute Gasteiger partial charge is 0.395 e. The van der Waals surface area contributed by atoms with E-state index < -0.39 is 0 Å². The zero-order chi connectivity index (χ0) is 16.9. The maximum atomic E-state index is 12.9. The quantitative estimate of drug-likeness (QED) is 0.865. The van der Waals surface area contributed by atoms with Crippen LogP contribution in [-0.2, 0) is 16.1 Å². The predicted molar refractivity (Wildman–Crippen MR) is 91.0 cm³/mol. The summed E-state index contributed by atoms with van der Waals surface area (Å²) in [5, 5.41) is 9.31. The van der Waals surface area contributed by atoms with E-state index in [9.17, 15) is 14.7 Å². The first-order chi connectivity index (χ1) is 11.7. The summed E-state index contributed by atoms with van der Waals surface area (Å²) < 4.78 is 0. The second-order valence-corrected chi connectivity index (χ2v) is 6.85. The van der Waals surface area contributed by atoms with Gasteiger partial charge in [-0.25, -0.2) is 0 Å². The van der Waals surface area contributed by atoms with E-state index in [2.05, 4.69) is 0 Å². The van der Waals surface area contributed by atoms with Crippen LogP contribution in [0, 0.1) is 5.92 Å². The van der Waals surface area contributed by atoms with Crippen LogP contribution in [-0.4, -0.2) is 52.5 Å². The molecule has 2 amide bonds. The molecule has 1 aliphatic heterocycles. The van der Waals surface area contributed by atoms with Gasteiger partial charge in [0.1, 0.15) is 0 Å². The predicted octanol–water partition coefficient (Wildman–Crippen LogP) is 1.80. The number of likely N-dealkylation sites (tertiary alicyclic amines) is 1. The van der Waals surface area contributed by atoms with E-state index in [1.54, 1.807) is 4.90 Å². The summed E-state index contributed by atoms with van der Waals surface area (Å²) in [7, 11) is 0. The van der Waals surface area contributed by atoms with Crippen molar-refractivity contribution in [1.29, 1.82) is 0 Å². The summed E-state index contributed by atoms with van der Waals surface area (Å²) in [6.45, 7) is 1.26. The molecular weight excluding hydrogens is 304 g/mol. The number of aliphatic hydroxyl groups excluding tert-OH is 1. The summed E-state index contributed by atoms with van der Waals surface area (Å²) in [4.78, 5) is 28.8. The second-order valence-electron chi connectivity index (χ2n) is 6.85. The molecular formula is C19H26N2O3. The van der Waals surface area contributed by atoms with E-state index in [-0.39, 0.29) is 24.3 Å². The number of rotatable bonds is 6. The summed E-state index contributed by atoms with van der Waals surface area (Å²) in [5.41, 5.74) is 1.04. The Kier molecular flexibility index (Phi) is 5.51. The topological polar surface area (TPSA) is 60.9 Å². The molecule has 24 heavy (non-hydrogen) atoms. The van der Waals surface area contributed by atoms with Crippen LogP contribution >= 0.6 is 0 Å². The van der Waals surface area contributed by atoms with Gasteiger partial charge in [-0.2, -0.15) is 0 Å². The number of hydrogen-bond acceptors (Lipinski definition) is 3. The summed E-state index contributed by atoms with van der Waals surface area (Å²) >= 11 is 0. The number of aliphatic hydroxyl groups is 1. The zero-order valence-electron chi connectivity index (χ0n) is 14.1. The molecule has 1 unspecified atom stereocenters. The lowest BCUT2D eigenvalue weighted by Crippen LogP contribution is -2.40. The fraction of sp³-hybridized carbons (Fsp3) is 0.579. The number of amides is 2. The molecule has 2 fully saturated rings. The Bertz CT molecular complexity index is 569. The molecule has 5 nitrogen and oxygen atoms in total. The molecule has 0 spiro atoms. The van der Waals surface area contributed by atoms with E-state index in [1.165, 1.54) is 12.8 Å². The van der Waals surface area contributed by atoms with Crippen molar-refractivity contribution in [2.75, 3.05) is 19.7 Å². The van der Waals surface area contributed by atoms with E-state index in [1.807, 2.05) is 35.2 Å². The summed E-state index contributed by atoms with van der Waals surface area (Å²) in [6, 6.07) is 10.1. The minimum Gasteiger partial charge on any atom is -0.395 e. The molecule has 0 aromatic heterocycles. The van der Waals surface area contributed by atoms with E-state index in [4.69, 9.17) is 0 Å². The van der Waals surface area contributed by atoms with Crippen LogP contribution in [0.15, 0.2) is 30.3 Å². The van der Waals surface area contributed by atoms with Gasteiger partial charge in [-0.05, 0) is 18.4 Å². The van der Waals surface area contributed by atoms with Crippen LogP contribution in [0.1, 0.15) is 37.7 Å². The molecule has 3 rings (SSSR count). The van der Waals surface area contributed by atoms with Crippen molar-refractivity contribution in [3.05, 3.63) is 35.9 Å².